The normalized spacial score (nSPS) is 12.0. The number of imidazole rings is 1. The molecule has 128 valence electrons. The molecule has 0 bridgehead atoms. The van der Waals surface area contributed by atoms with Crippen molar-refractivity contribution < 1.29 is 9.53 Å². The molecule has 6 nitrogen and oxygen atoms in total. The number of pyridine rings is 2. The van der Waals surface area contributed by atoms with Crippen LogP contribution in [-0.2, 0) is 4.74 Å². The van der Waals surface area contributed by atoms with Crippen LogP contribution in [-0.4, -0.2) is 25.5 Å². The maximum Gasteiger partial charge on any atom is 0.340 e. The standard InChI is InChI=1S/C20H16N4O2/c1-14(19-17-5-3-2-4-15(17)8-9-22-19)26-20(25)16-6-7-18(23-12-16)24-11-10-21-13-24/h2-14H,1H3/t14-/m0/s1. The van der Waals surface area contributed by atoms with E-state index < -0.39 is 12.1 Å². The summed E-state index contributed by atoms with van der Waals surface area (Å²) in [5.41, 5.74) is 1.13. The third-order valence-electron chi connectivity index (χ3n) is 4.13. The first kappa shape index (κ1) is 16.0. The van der Waals surface area contributed by atoms with Gasteiger partial charge < -0.3 is 4.74 Å². The Kier molecular flexibility index (Phi) is 4.15. The van der Waals surface area contributed by atoms with Crippen LogP contribution in [0.5, 0.6) is 0 Å². The zero-order valence-electron chi connectivity index (χ0n) is 14.1. The molecule has 0 spiro atoms. The van der Waals surface area contributed by atoms with Crippen molar-refractivity contribution in [2.45, 2.75) is 13.0 Å². The van der Waals surface area contributed by atoms with Crippen LogP contribution < -0.4 is 0 Å². The number of rotatable bonds is 4. The maximum atomic E-state index is 12.5. The Labute approximate surface area is 150 Å². The fraction of sp³-hybridized carbons (Fsp3) is 0.100. The summed E-state index contributed by atoms with van der Waals surface area (Å²) >= 11 is 0. The van der Waals surface area contributed by atoms with Gasteiger partial charge in [0.1, 0.15) is 18.2 Å². The Morgan fingerprint density at radius 1 is 1.08 bits per heavy atom. The minimum atomic E-state index is -0.470. The maximum absolute atomic E-state index is 12.5. The van der Waals surface area contributed by atoms with Crippen molar-refractivity contribution in [3.8, 4) is 5.82 Å². The number of hydrogen-bond acceptors (Lipinski definition) is 5. The number of hydrogen-bond donors (Lipinski definition) is 0. The van der Waals surface area contributed by atoms with Crippen LogP contribution in [0.15, 0.2) is 73.6 Å². The largest absolute Gasteiger partial charge is 0.452 e. The fourth-order valence-electron chi connectivity index (χ4n) is 2.81. The number of carbonyl (C=O) groups is 1. The molecular formula is C20H16N4O2. The lowest BCUT2D eigenvalue weighted by molar-refractivity contribution is 0.0332. The Balaban J connectivity index is 1.54. The zero-order valence-corrected chi connectivity index (χ0v) is 14.1. The summed E-state index contributed by atoms with van der Waals surface area (Å²) in [6.45, 7) is 1.82. The highest BCUT2D eigenvalue weighted by molar-refractivity contribution is 5.90. The van der Waals surface area contributed by atoms with Gasteiger partial charge in [-0.1, -0.05) is 24.3 Å². The van der Waals surface area contributed by atoms with Crippen molar-refractivity contribution in [3.05, 3.63) is 84.8 Å². The first-order chi connectivity index (χ1) is 12.7. The van der Waals surface area contributed by atoms with E-state index in [2.05, 4.69) is 15.0 Å². The van der Waals surface area contributed by atoms with E-state index in [4.69, 9.17) is 4.74 Å². The Morgan fingerprint density at radius 3 is 2.73 bits per heavy atom. The second-order valence-electron chi connectivity index (χ2n) is 5.84. The number of aromatic nitrogens is 4. The summed E-state index contributed by atoms with van der Waals surface area (Å²) in [7, 11) is 0. The average molecular weight is 344 g/mol. The van der Waals surface area contributed by atoms with E-state index in [9.17, 15) is 4.79 Å². The summed E-state index contributed by atoms with van der Waals surface area (Å²) in [5, 5.41) is 2.04. The molecule has 3 aromatic heterocycles. The average Bonchev–Trinajstić information content (AvgIpc) is 3.22. The molecule has 0 unspecified atom stereocenters. The van der Waals surface area contributed by atoms with E-state index in [1.165, 1.54) is 6.20 Å². The second kappa shape index (κ2) is 6.76. The van der Waals surface area contributed by atoms with E-state index in [-0.39, 0.29) is 0 Å². The molecule has 1 aromatic carbocycles. The topological polar surface area (TPSA) is 69.9 Å². The fourth-order valence-corrected chi connectivity index (χ4v) is 2.81. The number of esters is 1. The highest BCUT2D eigenvalue weighted by Crippen LogP contribution is 2.25. The number of benzene rings is 1. The Bertz CT molecular complexity index is 1040. The Morgan fingerprint density at radius 2 is 1.96 bits per heavy atom. The van der Waals surface area contributed by atoms with Crippen LogP contribution in [0.2, 0.25) is 0 Å². The van der Waals surface area contributed by atoms with Crippen molar-refractivity contribution >= 4 is 16.7 Å². The molecule has 6 heteroatoms. The number of carbonyl (C=O) groups excluding carboxylic acids is 1. The summed E-state index contributed by atoms with van der Waals surface area (Å²) < 4.78 is 7.36. The number of nitrogens with zero attached hydrogens (tertiary/aromatic N) is 4. The predicted octanol–water partition coefficient (Wildman–Crippen LogP) is 3.73. The molecule has 1 atom stereocenters. The first-order valence-electron chi connectivity index (χ1n) is 8.21. The minimum absolute atomic E-state index is 0.390. The summed E-state index contributed by atoms with van der Waals surface area (Å²) in [6.07, 6.45) is 7.86. The van der Waals surface area contributed by atoms with Crippen LogP contribution in [0.25, 0.3) is 16.6 Å². The van der Waals surface area contributed by atoms with Gasteiger partial charge in [0, 0.05) is 30.2 Å². The summed E-state index contributed by atoms with van der Waals surface area (Å²) in [4.78, 5) is 25.1. The van der Waals surface area contributed by atoms with Crippen LogP contribution in [0.3, 0.4) is 0 Å². The molecule has 0 aliphatic carbocycles. The highest BCUT2D eigenvalue weighted by atomic mass is 16.5. The van der Waals surface area contributed by atoms with Gasteiger partial charge in [-0.05, 0) is 30.5 Å². The summed E-state index contributed by atoms with van der Waals surface area (Å²) in [6, 6.07) is 13.3. The third kappa shape index (κ3) is 3.04. The third-order valence-corrected chi connectivity index (χ3v) is 4.13. The quantitative estimate of drug-likeness (QED) is 0.528. The lowest BCUT2D eigenvalue weighted by atomic mass is 10.1. The highest BCUT2D eigenvalue weighted by Gasteiger charge is 2.17. The van der Waals surface area contributed by atoms with E-state index in [0.29, 0.717) is 11.4 Å². The van der Waals surface area contributed by atoms with Crippen molar-refractivity contribution in [3.63, 3.8) is 0 Å². The summed E-state index contributed by atoms with van der Waals surface area (Å²) in [5.74, 6) is 0.250. The van der Waals surface area contributed by atoms with Crippen molar-refractivity contribution in [2.75, 3.05) is 0 Å². The molecule has 0 aliphatic heterocycles. The lowest BCUT2D eigenvalue weighted by Crippen LogP contribution is -2.11. The van der Waals surface area contributed by atoms with Gasteiger partial charge in [-0.2, -0.15) is 0 Å². The molecule has 0 saturated carbocycles. The minimum Gasteiger partial charge on any atom is -0.452 e. The van der Waals surface area contributed by atoms with E-state index >= 15 is 0 Å². The van der Waals surface area contributed by atoms with Crippen molar-refractivity contribution in [1.82, 2.24) is 19.5 Å². The monoisotopic (exact) mass is 344 g/mol. The molecule has 3 heterocycles. The van der Waals surface area contributed by atoms with Gasteiger partial charge in [0.05, 0.1) is 11.3 Å². The molecule has 0 amide bonds. The van der Waals surface area contributed by atoms with Crippen molar-refractivity contribution in [1.29, 1.82) is 0 Å². The molecule has 0 radical (unpaired) electrons. The second-order valence-corrected chi connectivity index (χ2v) is 5.84. The molecular weight excluding hydrogens is 328 g/mol. The first-order valence-corrected chi connectivity index (χ1v) is 8.21. The zero-order chi connectivity index (χ0) is 17.9. The molecule has 0 fully saturated rings. The van der Waals surface area contributed by atoms with Gasteiger partial charge >= 0.3 is 5.97 Å². The van der Waals surface area contributed by atoms with Gasteiger partial charge in [-0.3, -0.25) is 9.55 Å². The molecule has 4 aromatic rings. The van der Waals surface area contributed by atoms with E-state index in [1.807, 2.05) is 37.3 Å². The van der Waals surface area contributed by atoms with Gasteiger partial charge in [0.15, 0.2) is 0 Å². The van der Waals surface area contributed by atoms with Crippen LogP contribution in [0.1, 0.15) is 29.1 Å². The van der Waals surface area contributed by atoms with Crippen LogP contribution in [0, 0.1) is 0 Å². The molecule has 26 heavy (non-hydrogen) atoms. The predicted molar refractivity (Wildman–Crippen MR) is 96.9 cm³/mol. The van der Waals surface area contributed by atoms with Crippen molar-refractivity contribution in [2.24, 2.45) is 0 Å². The molecule has 4 rings (SSSR count). The van der Waals surface area contributed by atoms with Crippen LogP contribution in [0.4, 0.5) is 0 Å². The SMILES string of the molecule is C[C@H](OC(=O)c1ccc(-n2ccnc2)nc1)c1nccc2ccccc12. The lowest BCUT2D eigenvalue weighted by Gasteiger charge is -2.15. The van der Waals surface area contributed by atoms with Gasteiger partial charge in [-0.15, -0.1) is 0 Å². The molecule has 0 N–H and O–H groups in total. The number of fused-ring (bicyclic) bond motifs is 1. The molecule has 0 saturated heterocycles. The van der Waals surface area contributed by atoms with E-state index in [0.717, 1.165) is 16.5 Å². The van der Waals surface area contributed by atoms with Crippen LogP contribution >= 0.6 is 0 Å². The van der Waals surface area contributed by atoms with Gasteiger partial charge in [-0.25, -0.2) is 14.8 Å². The Hall–Kier alpha value is -3.54. The van der Waals surface area contributed by atoms with Gasteiger partial charge in [0.2, 0.25) is 0 Å². The van der Waals surface area contributed by atoms with E-state index in [1.54, 1.807) is 41.6 Å². The number of ether oxygens (including phenoxy) is 1. The van der Waals surface area contributed by atoms with Gasteiger partial charge in [0.25, 0.3) is 0 Å². The smallest absolute Gasteiger partial charge is 0.340 e. The molecule has 0 aliphatic rings.